The molecule has 6 heteroatoms. The standard InChI is InChI=1S/C27H33N3O3/c1-18(20-10-6-4-7-11-20)16-30-25(31)23-15-24-22(14-19(2)33-24)29(23)17-27(30,3)26(32)28-21-12-8-5-9-13-21/h4,6-7,10-11,14-15,18,21H,5,8-9,12-13,16-17H2,1-3H3,(H,28,32)/t18-,27-/m0/s1. The summed E-state index contributed by atoms with van der Waals surface area (Å²) >= 11 is 0. The molecular formula is C27H33N3O3. The van der Waals surface area contributed by atoms with Crippen molar-refractivity contribution in [1.82, 2.24) is 14.8 Å². The van der Waals surface area contributed by atoms with Crippen LogP contribution >= 0.6 is 0 Å². The zero-order valence-corrected chi connectivity index (χ0v) is 19.8. The highest BCUT2D eigenvalue weighted by molar-refractivity contribution is 6.03. The Kier molecular flexibility index (Phi) is 5.55. The maximum atomic E-state index is 13.8. The van der Waals surface area contributed by atoms with Gasteiger partial charge in [-0.05, 0) is 38.2 Å². The Morgan fingerprint density at radius 2 is 1.91 bits per heavy atom. The lowest BCUT2D eigenvalue weighted by molar-refractivity contribution is -0.133. The van der Waals surface area contributed by atoms with E-state index in [1.54, 1.807) is 4.90 Å². The van der Waals surface area contributed by atoms with Gasteiger partial charge in [-0.2, -0.15) is 0 Å². The fourth-order valence-electron chi connectivity index (χ4n) is 5.50. The second-order valence-corrected chi connectivity index (χ2v) is 10.0. The lowest BCUT2D eigenvalue weighted by Crippen LogP contribution is -2.65. The maximum absolute atomic E-state index is 13.8. The number of hydrogen-bond donors (Lipinski definition) is 1. The normalized spacial score (nSPS) is 22.4. The molecule has 0 unspecified atom stereocenters. The van der Waals surface area contributed by atoms with Crippen LogP contribution in [0.15, 0.2) is 46.9 Å². The molecule has 2 aromatic heterocycles. The Balaban J connectivity index is 1.51. The van der Waals surface area contributed by atoms with Gasteiger partial charge in [0, 0.05) is 24.7 Å². The van der Waals surface area contributed by atoms with E-state index in [2.05, 4.69) is 24.4 Å². The van der Waals surface area contributed by atoms with Gasteiger partial charge in [0.25, 0.3) is 5.91 Å². The molecule has 174 valence electrons. The average Bonchev–Trinajstić information content (AvgIpc) is 3.34. The summed E-state index contributed by atoms with van der Waals surface area (Å²) in [6.45, 7) is 6.83. The van der Waals surface area contributed by atoms with E-state index in [-0.39, 0.29) is 23.8 Å². The van der Waals surface area contributed by atoms with E-state index in [0.29, 0.717) is 24.4 Å². The van der Waals surface area contributed by atoms with Gasteiger partial charge in [0.2, 0.25) is 5.91 Å². The first-order valence-corrected chi connectivity index (χ1v) is 12.1. The Hall–Kier alpha value is -3.02. The van der Waals surface area contributed by atoms with Crippen LogP contribution < -0.4 is 5.32 Å². The summed E-state index contributed by atoms with van der Waals surface area (Å²) in [6.07, 6.45) is 5.54. The second-order valence-electron chi connectivity index (χ2n) is 10.0. The number of rotatable bonds is 5. The van der Waals surface area contributed by atoms with Crippen LogP contribution in [-0.2, 0) is 11.3 Å². The van der Waals surface area contributed by atoms with Gasteiger partial charge in [-0.25, -0.2) is 0 Å². The number of carbonyl (C=O) groups is 2. The van der Waals surface area contributed by atoms with Gasteiger partial charge in [0.05, 0.1) is 12.1 Å². The third-order valence-electron chi connectivity index (χ3n) is 7.49. The molecule has 2 amide bonds. The molecule has 3 aromatic rings. The lowest BCUT2D eigenvalue weighted by Gasteiger charge is -2.45. The van der Waals surface area contributed by atoms with Gasteiger partial charge in [-0.1, -0.05) is 56.5 Å². The smallest absolute Gasteiger partial charge is 0.271 e. The number of aromatic nitrogens is 1. The van der Waals surface area contributed by atoms with E-state index >= 15 is 0 Å². The molecule has 1 aromatic carbocycles. The number of aryl methyl sites for hydroxylation is 1. The molecule has 1 N–H and O–H groups in total. The molecule has 6 nitrogen and oxygen atoms in total. The first-order chi connectivity index (χ1) is 15.9. The third kappa shape index (κ3) is 3.85. The highest BCUT2D eigenvalue weighted by Crippen LogP contribution is 2.35. The molecule has 0 spiro atoms. The van der Waals surface area contributed by atoms with Crippen LogP contribution in [0.3, 0.4) is 0 Å². The predicted octanol–water partition coefficient (Wildman–Crippen LogP) is 5.01. The monoisotopic (exact) mass is 447 g/mol. The number of furan rings is 1. The van der Waals surface area contributed by atoms with Crippen molar-refractivity contribution in [1.29, 1.82) is 0 Å². The van der Waals surface area contributed by atoms with Crippen molar-refractivity contribution in [3.05, 3.63) is 59.5 Å². The Morgan fingerprint density at radius 1 is 1.18 bits per heavy atom. The quantitative estimate of drug-likeness (QED) is 0.598. The first-order valence-electron chi connectivity index (χ1n) is 12.1. The minimum atomic E-state index is -0.984. The van der Waals surface area contributed by atoms with Crippen LogP contribution in [0.1, 0.15) is 73.7 Å². The predicted molar refractivity (Wildman–Crippen MR) is 128 cm³/mol. The zero-order chi connectivity index (χ0) is 23.2. The van der Waals surface area contributed by atoms with E-state index in [0.717, 1.165) is 42.5 Å². The molecule has 1 aliphatic carbocycles. The summed E-state index contributed by atoms with van der Waals surface area (Å²) in [5.74, 6) is 0.727. The number of benzene rings is 1. The van der Waals surface area contributed by atoms with Crippen molar-refractivity contribution in [3.8, 4) is 0 Å². The maximum Gasteiger partial charge on any atom is 0.271 e. The minimum absolute atomic E-state index is 0.0595. The number of fused-ring (bicyclic) bond motifs is 3. The lowest BCUT2D eigenvalue weighted by atomic mass is 9.89. The van der Waals surface area contributed by atoms with Gasteiger partial charge < -0.3 is 19.2 Å². The fourth-order valence-corrected chi connectivity index (χ4v) is 5.50. The van der Waals surface area contributed by atoms with Gasteiger partial charge in [0.15, 0.2) is 5.58 Å². The van der Waals surface area contributed by atoms with Crippen molar-refractivity contribution < 1.29 is 14.0 Å². The number of hydrogen-bond acceptors (Lipinski definition) is 3. The summed E-state index contributed by atoms with van der Waals surface area (Å²) in [5.41, 5.74) is 2.34. The molecule has 0 radical (unpaired) electrons. The molecule has 1 saturated carbocycles. The summed E-state index contributed by atoms with van der Waals surface area (Å²) in [6, 6.07) is 14.1. The molecule has 1 aliphatic heterocycles. The Labute approximate surface area is 194 Å². The van der Waals surface area contributed by atoms with Crippen LogP contribution in [0.5, 0.6) is 0 Å². The van der Waals surface area contributed by atoms with E-state index in [1.165, 1.54) is 6.42 Å². The van der Waals surface area contributed by atoms with Crippen molar-refractivity contribution in [2.24, 2.45) is 0 Å². The highest BCUT2D eigenvalue weighted by Gasteiger charge is 2.48. The van der Waals surface area contributed by atoms with Crippen LogP contribution in [-0.4, -0.2) is 39.4 Å². The third-order valence-corrected chi connectivity index (χ3v) is 7.49. The Bertz CT molecular complexity index is 1170. The molecule has 2 aliphatic rings. The van der Waals surface area contributed by atoms with Crippen molar-refractivity contribution >= 4 is 22.9 Å². The number of amides is 2. The van der Waals surface area contributed by atoms with Crippen LogP contribution in [0.4, 0.5) is 0 Å². The molecule has 2 atom stereocenters. The second kappa shape index (κ2) is 8.40. The number of nitrogens with one attached hydrogen (secondary N) is 1. The van der Waals surface area contributed by atoms with Gasteiger partial charge in [-0.15, -0.1) is 0 Å². The first kappa shape index (κ1) is 21.8. The molecule has 0 bridgehead atoms. The van der Waals surface area contributed by atoms with E-state index < -0.39 is 5.54 Å². The number of nitrogens with zero attached hydrogens (tertiary/aromatic N) is 2. The Morgan fingerprint density at radius 3 is 2.64 bits per heavy atom. The summed E-state index contributed by atoms with van der Waals surface area (Å²) < 4.78 is 7.78. The SMILES string of the molecule is Cc1cc2c(cc3n2C[C@@](C)(C(=O)NC2CCCCC2)N(C[C@H](C)c2ccccc2)C3=O)o1. The van der Waals surface area contributed by atoms with Gasteiger partial charge in [-0.3, -0.25) is 9.59 Å². The van der Waals surface area contributed by atoms with Crippen molar-refractivity contribution in [3.63, 3.8) is 0 Å². The van der Waals surface area contributed by atoms with Crippen LogP contribution in [0, 0.1) is 6.92 Å². The van der Waals surface area contributed by atoms with Crippen LogP contribution in [0.25, 0.3) is 11.1 Å². The summed E-state index contributed by atoms with van der Waals surface area (Å²) in [7, 11) is 0. The molecule has 33 heavy (non-hydrogen) atoms. The largest absolute Gasteiger partial charge is 0.460 e. The molecule has 1 fully saturated rings. The van der Waals surface area contributed by atoms with Gasteiger partial charge in [0.1, 0.15) is 17.0 Å². The number of carbonyl (C=O) groups excluding carboxylic acids is 2. The highest BCUT2D eigenvalue weighted by atomic mass is 16.3. The molecular weight excluding hydrogens is 414 g/mol. The van der Waals surface area contributed by atoms with Gasteiger partial charge >= 0.3 is 0 Å². The van der Waals surface area contributed by atoms with Crippen molar-refractivity contribution in [2.45, 2.75) is 76.9 Å². The molecule has 0 saturated heterocycles. The van der Waals surface area contributed by atoms with E-state index in [4.69, 9.17) is 4.42 Å². The summed E-state index contributed by atoms with van der Waals surface area (Å²) in [4.78, 5) is 29.4. The fraction of sp³-hybridized carbons (Fsp3) is 0.481. The van der Waals surface area contributed by atoms with Crippen LogP contribution in [0.2, 0.25) is 0 Å². The van der Waals surface area contributed by atoms with Crippen molar-refractivity contribution in [2.75, 3.05) is 6.54 Å². The van der Waals surface area contributed by atoms with E-state index in [9.17, 15) is 9.59 Å². The van der Waals surface area contributed by atoms with E-state index in [1.807, 2.05) is 48.7 Å². The molecule has 5 rings (SSSR count). The minimum Gasteiger partial charge on any atom is -0.460 e. The zero-order valence-electron chi connectivity index (χ0n) is 19.8. The topological polar surface area (TPSA) is 67.5 Å². The summed E-state index contributed by atoms with van der Waals surface area (Å²) in [5, 5.41) is 3.30. The molecule has 3 heterocycles. The average molecular weight is 448 g/mol.